The number of unbranched alkanes of at least 4 members (excludes halogenated alkanes) is 3. The highest BCUT2D eigenvalue weighted by molar-refractivity contribution is 4.91. The van der Waals surface area contributed by atoms with E-state index in [0.29, 0.717) is 17.9 Å². The van der Waals surface area contributed by atoms with Crippen molar-refractivity contribution in [2.75, 3.05) is 6.61 Å². The van der Waals surface area contributed by atoms with E-state index < -0.39 is 0 Å². The van der Waals surface area contributed by atoms with Gasteiger partial charge in [0.15, 0.2) is 5.79 Å². The monoisotopic (exact) mass is 296 g/mol. The second kappa shape index (κ2) is 7.97. The van der Waals surface area contributed by atoms with Crippen LogP contribution in [0.5, 0.6) is 0 Å². The van der Waals surface area contributed by atoms with Gasteiger partial charge in [-0.3, -0.25) is 0 Å². The minimum absolute atomic E-state index is 0.264. The second-order valence-corrected chi connectivity index (χ2v) is 7.78. The fourth-order valence-corrected chi connectivity index (χ4v) is 4.31. The molecule has 2 fully saturated rings. The summed E-state index contributed by atoms with van der Waals surface area (Å²) in [6.07, 6.45) is 11.8. The van der Waals surface area contributed by atoms with Crippen LogP contribution in [0.1, 0.15) is 85.5 Å². The Labute approximate surface area is 132 Å². The molecule has 124 valence electrons. The highest BCUT2D eigenvalue weighted by Crippen LogP contribution is 2.47. The molecule has 4 atom stereocenters. The molecular formula is C19H36O2. The van der Waals surface area contributed by atoms with E-state index in [1.165, 1.54) is 44.9 Å². The summed E-state index contributed by atoms with van der Waals surface area (Å²) in [4.78, 5) is 0. The minimum Gasteiger partial charge on any atom is -0.349 e. The Morgan fingerprint density at radius 1 is 1.10 bits per heavy atom. The maximum atomic E-state index is 6.62. The Morgan fingerprint density at radius 3 is 2.62 bits per heavy atom. The van der Waals surface area contributed by atoms with Gasteiger partial charge in [-0.2, -0.15) is 0 Å². The van der Waals surface area contributed by atoms with Crippen molar-refractivity contribution in [3.05, 3.63) is 0 Å². The molecule has 0 radical (unpaired) electrons. The van der Waals surface area contributed by atoms with Gasteiger partial charge in [0.25, 0.3) is 0 Å². The van der Waals surface area contributed by atoms with Crippen LogP contribution in [0.25, 0.3) is 0 Å². The molecule has 0 unspecified atom stereocenters. The van der Waals surface area contributed by atoms with Crippen molar-refractivity contribution in [3.8, 4) is 0 Å². The average Bonchev–Trinajstić information content (AvgIpc) is 2.43. The highest BCUT2D eigenvalue weighted by atomic mass is 16.7. The van der Waals surface area contributed by atoms with Crippen molar-refractivity contribution in [2.24, 2.45) is 17.8 Å². The molecule has 21 heavy (non-hydrogen) atoms. The molecule has 0 N–H and O–H groups in total. The van der Waals surface area contributed by atoms with Crippen LogP contribution in [0.4, 0.5) is 0 Å². The van der Waals surface area contributed by atoms with Gasteiger partial charge in [-0.1, -0.05) is 59.8 Å². The van der Waals surface area contributed by atoms with Crippen LogP contribution >= 0.6 is 0 Å². The van der Waals surface area contributed by atoms with Crippen molar-refractivity contribution < 1.29 is 9.47 Å². The molecule has 2 aliphatic rings. The predicted octanol–water partition coefficient (Wildman–Crippen LogP) is 5.55. The van der Waals surface area contributed by atoms with Crippen molar-refractivity contribution in [3.63, 3.8) is 0 Å². The SMILES string of the molecule is CCCCCC[C@@H]1CCO[C@@]2(C[C@@H](C)CC[C@@H]2C(C)C)O1. The topological polar surface area (TPSA) is 18.5 Å². The van der Waals surface area contributed by atoms with Gasteiger partial charge in [-0.25, -0.2) is 0 Å². The summed E-state index contributed by atoms with van der Waals surface area (Å²) in [5, 5.41) is 0. The van der Waals surface area contributed by atoms with Gasteiger partial charge in [0.05, 0.1) is 12.7 Å². The Morgan fingerprint density at radius 2 is 1.90 bits per heavy atom. The van der Waals surface area contributed by atoms with Gasteiger partial charge >= 0.3 is 0 Å². The standard InChI is InChI=1S/C19H36O2/c1-5-6-7-8-9-17-12-13-20-19(21-17)14-16(4)10-11-18(19)15(2)3/h15-18H,5-14H2,1-4H3/t16-,17+,18+,19-/m0/s1. The zero-order valence-corrected chi connectivity index (χ0v) is 14.7. The van der Waals surface area contributed by atoms with Gasteiger partial charge in [0.2, 0.25) is 0 Å². The lowest BCUT2D eigenvalue weighted by Crippen LogP contribution is -2.54. The summed E-state index contributed by atoms with van der Waals surface area (Å²) >= 11 is 0. The van der Waals surface area contributed by atoms with Gasteiger partial charge in [-0.05, 0) is 31.1 Å². The fraction of sp³-hybridized carbons (Fsp3) is 1.00. The molecule has 0 amide bonds. The summed E-state index contributed by atoms with van der Waals surface area (Å²) in [6.45, 7) is 10.2. The molecular weight excluding hydrogens is 260 g/mol. The van der Waals surface area contributed by atoms with Crippen LogP contribution in [0.2, 0.25) is 0 Å². The van der Waals surface area contributed by atoms with Crippen LogP contribution in [-0.2, 0) is 9.47 Å². The summed E-state index contributed by atoms with van der Waals surface area (Å²) in [5.41, 5.74) is 0. The van der Waals surface area contributed by atoms with E-state index >= 15 is 0 Å². The number of hydrogen-bond donors (Lipinski definition) is 0. The van der Waals surface area contributed by atoms with Crippen molar-refractivity contribution in [1.29, 1.82) is 0 Å². The Bertz CT molecular complexity index is 302. The molecule has 0 aromatic carbocycles. The average molecular weight is 296 g/mol. The lowest BCUT2D eigenvalue weighted by atomic mass is 9.72. The van der Waals surface area contributed by atoms with E-state index in [1.54, 1.807) is 0 Å². The first-order valence-electron chi connectivity index (χ1n) is 9.39. The van der Waals surface area contributed by atoms with Crippen LogP contribution in [-0.4, -0.2) is 18.5 Å². The number of rotatable bonds is 6. The molecule has 1 saturated carbocycles. The van der Waals surface area contributed by atoms with Gasteiger partial charge in [0.1, 0.15) is 0 Å². The van der Waals surface area contributed by atoms with Crippen molar-refractivity contribution in [1.82, 2.24) is 0 Å². The molecule has 0 aromatic rings. The first kappa shape index (κ1) is 17.3. The van der Waals surface area contributed by atoms with Gasteiger partial charge in [0, 0.05) is 12.3 Å². The molecule has 2 heteroatoms. The second-order valence-electron chi connectivity index (χ2n) is 7.78. The summed E-state index contributed by atoms with van der Waals surface area (Å²) in [5.74, 6) is 1.70. The normalized spacial score (nSPS) is 37.3. The molecule has 0 aromatic heterocycles. The van der Waals surface area contributed by atoms with E-state index in [2.05, 4.69) is 27.7 Å². The molecule has 2 nitrogen and oxygen atoms in total. The zero-order chi connectivity index (χ0) is 15.3. The van der Waals surface area contributed by atoms with E-state index in [0.717, 1.165) is 25.4 Å². The quantitative estimate of drug-likeness (QED) is 0.598. The molecule has 1 heterocycles. The van der Waals surface area contributed by atoms with E-state index in [9.17, 15) is 0 Å². The summed E-state index contributed by atoms with van der Waals surface area (Å²) in [7, 11) is 0. The third kappa shape index (κ3) is 4.45. The van der Waals surface area contributed by atoms with E-state index in [1.807, 2.05) is 0 Å². The van der Waals surface area contributed by atoms with Crippen molar-refractivity contribution in [2.45, 2.75) is 97.4 Å². The number of ether oxygens (including phenoxy) is 2. The zero-order valence-electron chi connectivity index (χ0n) is 14.7. The smallest absolute Gasteiger partial charge is 0.171 e. The lowest BCUT2D eigenvalue weighted by Gasteiger charge is -2.51. The van der Waals surface area contributed by atoms with Crippen LogP contribution in [0.3, 0.4) is 0 Å². The first-order chi connectivity index (χ1) is 10.1. The maximum absolute atomic E-state index is 6.62. The molecule has 1 aliphatic carbocycles. The minimum atomic E-state index is -0.264. The summed E-state index contributed by atoms with van der Waals surface area (Å²) < 4.78 is 12.9. The van der Waals surface area contributed by atoms with Crippen molar-refractivity contribution >= 4 is 0 Å². The number of hydrogen-bond acceptors (Lipinski definition) is 2. The third-order valence-electron chi connectivity index (χ3n) is 5.51. The molecule has 1 saturated heterocycles. The highest BCUT2D eigenvalue weighted by Gasteiger charge is 2.49. The third-order valence-corrected chi connectivity index (χ3v) is 5.51. The predicted molar refractivity (Wildman–Crippen MR) is 88.3 cm³/mol. The largest absolute Gasteiger partial charge is 0.349 e. The Balaban J connectivity index is 1.95. The van der Waals surface area contributed by atoms with Crippen LogP contribution in [0.15, 0.2) is 0 Å². The van der Waals surface area contributed by atoms with Gasteiger partial charge < -0.3 is 9.47 Å². The molecule has 2 rings (SSSR count). The molecule has 0 bridgehead atoms. The van der Waals surface area contributed by atoms with Crippen LogP contribution in [0, 0.1) is 17.8 Å². The van der Waals surface area contributed by atoms with Gasteiger partial charge in [-0.15, -0.1) is 0 Å². The Kier molecular flexibility index (Phi) is 6.55. The summed E-state index contributed by atoms with van der Waals surface area (Å²) in [6, 6.07) is 0. The van der Waals surface area contributed by atoms with E-state index in [-0.39, 0.29) is 5.79 Å². The molecule has 1 aliphatic heterocycles. The molecule has 1 spiro atoms. The maximum Gasteiger partial charge on any atom is 0.171 e. The lowest BCUT2D eigenvalue weighted by molar-refractivity contribution is -0.339. The van der Waals surface area contributed by atoms with Crippen LogP contribution < -0.4 is 0 Å². The Hall–Kier alpha value is -0.0800. The fourth-order valence-electron chi connectivity index (χ4n) is 4.31. The first-order valence-corrected chi connectivity index (χ1v) is 9.39. The van der Waals surface area contributed by atoms with E-state index in [4.69, 9.17) is 9.47 Å².